The molecule has 1 aromatic carbocycles. The van der Waals surface area contributed by atoms with E-state index >= 15 is 0 Å². The second-order valence-electron chi connectivity index (χ2n) is 4.19. The number of carbonyl (C=O) groups is 1. The number of amides is 1. The van der Waals surface area contributed by atoms with Gasteiger partial charge in [-0.15, -0.1) is 11.3 Å². The third-order valence-electron chi connectivity index (χ3n) is 2.60. The molecule has 0 saturated carbocycles. The van der Waals surface area contributed by atoms with Crippen LogP contribution in [0.3, 0.4) is 0 Å². The quantitative estimate of drug-likeness (QED) is 0.895. The van der Waals surface area contributed by atoms with E-state index in [0.29, 0.717) is 12.1 Å². The van der Waals surface area contributed by atoms with Gasteiger partial charge in [0.15, 0.2) is 9.84 Å². The highest BCUT2D eigenvalue weighted by atomic mass is 79.9. The Bertz CT molecular complexity index is 720. The molecule has 0 atom stereocenters. The van der Waals surface area contributed by atoms with E-state index in [1.807, 2.05) is 12.1 Å². The molecule has 0 aliphatic carbocycles. The summed E-state index contributed by atoms with van der Waals surface area (Å²) < 4.78 is 23.7. The summed E-state index contributed by atoms with van der Waals surface area (Å²) in [6.45, 7) is 0.447. The Hall–Kier alpha value is -1.18. The molecule has 0 fully saturated rings. The average Bonchev–Trinajstić information content (AvgIpc) is 2.81. The van der Waals surface area contributed by atoms with Crippen molar-refractivity contribution in [1.29, 1.82) is 0 Å². The van der Waals surface area contributed by atoms with Crippen LogP contribution in [0.4, 0.5) is 0 Å². The fraction of sp³-hybridized carbons (Fsp3) is 0.154. The van der Waals surface area contributed by atoms with Gasteiger partial charge in [-0.05, 0) is 52.3 Å². The minimum absolute atomic E-state index is 0.205. The van der Waals surface area contributed by atoms with Gasteiger partial charge in [-0.2, -0.15) is 0 Å². The lowest BCUT2D eigenvalue weighted by Gasteiger charge is -2.04. The van der Waals surface area contributed by atoms with E-state index in [1.165, 1.54) is 24.3 Å². The Morgan fingerprint density at radius 3 is 2.35 bits per heavy atom. The largest absolute Gasteiger partial charge is 0.347 e. The van der Waals surface area contributed by atoms with Gasteiger partial charge in [0.1, 0.15) is 0 Å². The lowest BCUT2D eigenvalue weighted by molar-refractivity contribution is 0.0951. The number of nitrogens with one attached hydrogen (secondary N) is 1. The molecular formula is C13H12BrNO3S2. The van der Waals surface area contributed by atoms with Crippen LogP contribution in [0.2, 0.25) is 0 Å². The maximum Gasteiger partial charge on any atom is 0.251 e. The van der Waals surface area contributed by atoms with Gasteiger partial charge in [-0.3, -0.25) is 4.79 Å². The third kappa shape index (κ3) is 3.91. The lowest BCUT2D eigenvalue weighted by Crippen LogP contribution is -2.22. The van der Waals surface area contributed by atoms with Crippen molar-refractivity contribution < 1.29 is 13.2 Å². The molecule has 0 bridgehead atoms. The monoisotopic (exact) mass is 373 g/mol. The van der Waals surface area contributed by atoms with E-state index in [-0.39, 0.29) is 10.8 Å². The summed E-state index contributed by atoms with van der Waals surface area (Å²) in [5.41, 5.74) is 0.438. The minimum atomic E-state index is -3.23. The number of halogens is 1. The summed E-state index contributed by atoms with van der Waals surface area (Å²) >= 11 is 4.91. The molecule has 2 rings (SSSR count). The first-order valence-corrected chi connectivity index (χ1v) is 9.19. The number of rotatable bonds is 4. The molecule has 0 aliphatic rings. The zero-order valence-corrected chi connectivity index (χ0v) is 13.8. The van der Waals surface area contributed by atoms with Gasteiger partial charge < -0.3 is 5.32 Å². The van der Waals surface area contributed by atoms with Crippen LogP contribution in [0.5, 0.6) is 0 Å². The number of thiophene rings is 1. The first-order chi connectivity index (χ1) is 9.36. The van der Waals surface area contributed by atoms with E-state index in [1.54, 1.807) is 11.3 Å². The molecule has 1 amide bonds. The summed E-state index contributed by atoms with van der Waals surface area (Å²) in [6, 6.07) is 9.75. The fourth-order valence-electron chi connectivity index (χ4n) is 1.57. The Labute approximate surface area is 129 Å². The van der Waals surface area contributed by atoms with Crippen LogP contribution in [-0.4, -0.2) is 20.6 Å². The van der Waals surface area contributed by atoms with Crippen LogP contribution in [-0.2, 0) is 16.4 Å². The summed E-state index contributed by atoms with van der Waals surface area (Å²) in [5.74, 6) is -0.227. The van der Waals surface area contributed by atoms with Crippen molar-refractivity contribution >= 4 is 43.0 Å². The predicted molar refractivity (Wildman–Crippen MR) is 82.7 cm³/mol. The smallest absolute Gasteiger partial charge is 0.251 e. The number of hydrogen-bond donors (Lipinski definition) is 1. The predicted octanol–water partition coefficient (Wildman–Crippen LogP) is 2.84. The van der Waals surface area contributed by atoms with Gasteiger partial charge in [-0.1, -0.05) is 0 Å². The molecule has 1 heterocycles. The molecule has 0 saturated heterocycles. The van der Waals surface area contributed by atoms with E-state index in [0.717, 1.165) is 14.9 Å². The first-order valence-electron chi connectivity index (χ1n) is 5.69. The van der Waals surface area contributed by atoms with Crippen LogP contribution < -0.4 is 5.32 Å². The van der Waals surface area contributed by atoms with Gasteiger partial charge in [0.2, 0.25) is 0 Å². The second kappa shape index (κ2) is 6.07. The Morgan fingerprint density at radius 1 is 1.20 bits per heavy atom. The SMILES string of the molecule is CS(=O)(=O)c1ccc(C(=O)NCc2ccc(Br)s2)cc1. The Kier molecular flexibility index (Phi) is 4.62. The molecule has 0 spiro atoms. The zero-order valence-electron chi connectivity index (χ0n) is 10.6. The van der Waals surface area contributed by atoms with Gasteiger partial charge >= 0.3 is 0 Å². The highest BCUT2D eigenvalue weighted by Gasteiger charge is 2.10. The molecular weight excluding hydrogens is 362 g/mol. The maximum atomic E-state index is 11.9. The second-order valence-corrected chi connectivity index (χ2v) is 8.75. The van der Waals surface area contributed by atoms with Crippen molar-refractivity contribution in [3.63, 3.8) is 0 Å². The minimum Gasteiger partial charge on any atom is -0.347 e. The molecule has 7 heteroatoms. The summed E-state index contributed by atoms with van der Waals surface area (Å²) in [6.07, 6.45) is 1.14. The first kappa shape index (κ1) is 15.2. The normalized spacial score (nSPS) is 11.3. The van der Waals surface area contributed by atoms with Crippen molar-refractivity contribution in [2.24, 2.45) is 0 Å². The highest BCUT2D eigenvalue weighted by molar-refractivity contribution is 9.11. The van der Waals surface area contributed by atoms with Crippen LogP contribution in [0, 0.1) is 0 Å². The third-order valence-corrected chi connectivity index (χ3v) is 5.35. The van der Waals surface area contributed by atoms with E-state index < -0.39 is 9.84 Å². The lowest BCUT2D eigenvalue weighted by atomic mass is 10.2. The molecule has 20 heavy (non-hydrogen) atoms. The van der Waals surface area contributed by atoms with Crippen molar-refractivity contribution in [1.82, 2.24) is 5.32 Å². The van der Waals surface area contributed by atoms with Gasteiger partial charge in [0, 0.05) is 16.7 Å². The molecule has 0 aliphatic heterocycles. The average molecular weight is 374 g/mol. The van der Waals surface area contributed by atoms with E-state index in [2.05, 4.69) is 21.2 Å². The van der Waals surface area contributed by atoms with Gasteiger partial charge in [0.05, 0.1) is 15.2 Å². The zero-order chi connectivity index (χ0) is 14.8. The van der Waals surface area contributed by atoms with Gasteiger partial charge in [-0.25, -0.2) is 8.42 Å². The Morgan fingerprint density at radius 2 is 1.85 bits per heavy atom. The highest BCUT2D eigenvalue weighted by Crippen LogP contribution is 2.21. The topological polar surface area (TPSA) is 63.2 Å². The van der Waals surface area contributed by atoms with Gasteiger partial charge in [0.25, 0.3) is 5.91 Å². The van der Waals surface area contributed by atoms with Crippen molar-refractivity contribution in [2.75, 3.05) is 6.26 Å². The van der Waals surface area contributed by atoms with Crippen molar-refractivity contribution in [2.45, 2.75) is 11.4 Å². The van der Waals surface area contributed by atoms with Crippen LogP contribution in [0.1, 0.15) is 15.2 Å². The molecule has 0 radical (unpaired) electrons. The van der Waals surface area contributed by atoms with Crippen LogP contribution in [0.25, 0.3) is 0 Å². The molecule has 1 N–H and O–H groups in total. The number of sulfone groups is 1. The molecule has 0 unspecified atom stereocenters. The molecule has 1 aromatic heterocycles. The van der Waals surface area contributed by atoms with E-state index in [9.17, 15) is 13.2 Å². The summed E-state index contributed by atoms with van der Waals surface area (Å²) in [5, 5.41) is 2.79. The van der Waals surface area contributed by atoms with Crippen LogP contribution >= 0.6 is 27.3 Å². The van der Waals surface area contributed by atoms with Crippen molar-refractivity contribution in [3.8, 4) is 0 Å². The van der Waals surface area contributed by atoms with Crippen molar-refractivity contribution in [3.05, 3.63) is 50.6 Å². The molecule has 106 valence electrons. The number of benzene rings is 1. The fourth-order valence-corrected chi connectivity index (χ4v) is 3.62. The van der Waals surface area contributed by atoms with E-state index in [4.69, 9.17) is 0 Å². The number of hydrogen-bond acceptors (Lipinski definition) is 4. The standard InChI is InChI=1S/C13H12BrNO3S2/c1-20(17,18)11-5-2-9(3-6-11)13(16)15-8-10-4-7-12(14)19-10/h2-7H,8H2,1H3,(H,15,16). The molecule has 2 aromatic rings. The maximum absolute atomic E-state index is 11.9. The summed E-state index contributed by atoms with van der Waals surface area (Å²) in [7, 11) is -3.23. The summed E-state index contributed by atoms with van der Waals surface area (Å²) in [4.78, 5) is 13.2. The number of carbonyl (C=O) groups excluding carboxylic acids is 1. The Balaban J connectivity index is 2.02. The molecule has 4 nitrogen and oxygen atoms in total. The van der Waals surface area contributed by atoms with Crippen LogP contribution in [0.15, 0.2) is 45.1 Å².